The number of ether oxygens (including phenoxy) is 1. The molecule has 96 valence electrons. The molecule has 0 unspecified atom stereocenters. The molecule has 0 fully saturated rings. The van der Waals surface area contributed by atoms with Gasteiger partial charge < -0.3 is 15.0 Å². The number of hydrogen-bond donors (Lipinski definition) is 1. The summed E-state index contributed by atoms with van der Waals surface area (Å²) in [5, 5.41) is 3.30. The number of fused-ring (bicyclic) bond motifs is 1. The van der Waals surface area contributed by atoms with E-state index in [-0.39, 0.29) is 17.0 Å². The summed E-state index contributed by atoms with van der Waals surface area (Å²) < 4.78 is 5.62. The highest BCUT2D eigenvalue weighted by Crippen LogP contribution is 2.22. The monoisotopic (exact) mass is 301 g/mol. The highest BCUT2D eigenvalue weighted by atomic mass is 79.9. The third kappa shape index (κ3) is 3.33. The molecule has 0 saturated heterocycles. The van der Waals surface area contributed by atoms with Crippen LogP contribution in [0.3, 0.4) is 0 Å². The van der Waals surface area contributed by atoms with Crippen LogP contribution in [0.15, 0.2) is 12.1 Å². The van der Waals surface area contributed by atoms with Crippen molar-refractivity contribution in [3.05, 3.63) is 17.7 Å². The minimum atomic E-state index is 0. The Morgan fingerprint density at radius 2 is 2.18 bits per heavy atom. The lowest BCUT2D eigenvalue weighted by atomic mass is 10.2. The van der Waals surface area contributed by atoms with Gasteiger partial charge in [0, 0.05) is 31.7 Å². The van der Waals surface area contributed by atoms with Gasteiger partial charge in [-0.1, -0.05) is 0 Å². The molecule has 0 bridgehead atoms. The third-order valence-electron chi connectivity index (χ3n) is 2.89. The molecule has 1 N–H and O–H groups in total. The van der Waals surface area contributed by atoms with Crippen molar-refractivity contribution < 1.29 is 4.74 Å². The van der Waals surface area contributed by atoms with Gasteiger partial charge in [-0.2, -0.15) is 4.98 Å². The number of hydrogen-bond acceptors (Lipinski definition) is 4. The molecule has 0 radical (unpaired) electrons. The summed E-state index contributed by atoms with van der Waals surface area (Å²) in [6, 6.07) is 4.58. The summed E-state index contributed by atoms with van der Waals surface area (Å²) in [6.07, 6.45) is 0. The molecule has 2 rings (SSSR count). The zero-order valence-corrected chi connectivity index (χ0v) is 12.3. The molecule has 1 aromatic heterocycles. The molecule has 1 aromatic rings. The average molecular weight is 302 g/mol. The number of nitrogens with one attached hydrogen (secondary N) is 1. The van der Waals surface area contributed by atoms with E-state index < -0.39 is 0 Å². The number of aromatic nitrogens is 1. The van der Waals surface area contributed by atoms with Gasteiger partial charge in [0.25, 0.3) is 0 Å². The summed E-state index contributed by atoms with van der Waals surface area (Å²) in [5.41, 5.74) is 1.14. The zero-order valence-electron chi connectivity index (χ0n) is 10.6. The van der Waals surface area contributed by atoms with Gasteiger partial charge in [-0.05, 0) is 26.0 Å². The maximum absolute atomic E-state index is 5.62. The second kappa shape index (κ2) is 6.21. The lowest BCUT2D eigenvalue weighted by molar-refractivity contribution is 0.314. The molecule has 5 heteroatoms. The van der Waals surface area contributed by atoms with Crippen molar-refractivity contribution in [2.24, 2.45) is 0 Å². The van der Waals surface area contributed by atoms with Crippen molar-refractivity contribution in [2.45, 2.75) is 26.4 Å². The molecular formula is C12H20BrN3O. The SMILES string of the molecule is Br.CC(C)N(C)c1ccc2c(n1)OCCNC2. The van der Waals surface area contributed by atoms with Gasteiger partial charge in [-0.15, -0.1) is 17.0 Å². The smallest absolute Gasteiger partial charge is 0.219 e. The zero-order chi connectivity index (χ0) is 11.5. The largest absolute Gasteiger partial charge is 0.476 e. The maximum Gasteiger partial charge on any atom is 0.219 e. The first-order valence-corrected chi connectivity index (χ1v) is 5.75. The van der Waals surface area contributed by atoms with E-state index in [4.69, 9.17) is 4.74 Å². The van der Waals surface area contributed by atoms with Crippen molar-refractivity contribution in [3.63, 3.8) is 0 Å². The molecule has 0 amide bonds. The van der Waals surface area contributed by atoms with Gasteiger partial charge in [-0.3, -0.25) is 0 Å². The fourth-order valence-electron chi connectivity index (χ4n) is 1.62. The standard InChI is InChI=1S/C12H19N3O.BrH/c1-9(2)15(3)11-5-4-10-8-13-6-7-16-12(10)14-11;/h4-5,9,13H,6-8H2,1-3H3;1H. The van der Waals surface area contributed by atoms with Gasteiger partial charge in [0.05, 0.1) is 0 Å². The minimum Gasteiger partial charge on any atom is -0.476 e. The van der Waals surface area contributed by atoms with Gasteiger partial charge in [0.2, 0.25) is 5.88 Å². The first-order chi connectivity index (χ1) is 7.68. The Labute approximate surface area is 113 Å². The van der Waals surface area contributed by atoms with Crippen molar-refractivity contribution in [2.75, 3.05) is 25.1 Å². The van der Waals surface area contributed by atoms with Crippen molar-refractivity contribution in [1.29, 1.82) is 0 Å². The van der Waals surface area contributed by atoms with E-state index in [0.717, 1.165) is 30.4 Å². The molecule has 0 spiro atoms. The highest BCUT2D eigenvalue weighted by Gasteiger charge is 2.13. The average Bonchev–Trinajstić information content (AvgIpc) is 2.51. The molecular weight excluding hydrogens is 282 g/mol. The Morgan fingerprint density at radius 1 is 1.41 bits per heavy atom. The first-order valence-electron chi connectivity index (χ1n) is 5.75. The van der Waals surface area contributed by atoms with Crippen LogP contribution >= 0.6 is 17.0 Å². The summed E-state index contributed by atoms with van der Waals surface area (Å²) in [6.45, 7) is 6.71. The fraction of sp³-hybridized carbons (Fsp3) is 0.583. The van der Waals surface area contributed by atoms with E-state index in [1.807, 2.05) is 7.05 Å². The topological polar surface area (TPSA) is 37.4 Å². The van der Waals surface area contributed by atoms with Crippen molar-refractivity contribution in [1.82, 2.24) is 10.3 Å². The van der Waals surface area contributed by atoms with Crippen LogP contribution in [0.4, 0.5) is 5.82 Å². The molecule has 1 aliphatic rings. The van der Waals surface area contributed by atoms with Gasteiger partial charge in [0.15, 0.2) is 0 Å². The third-order valence-corrected chi connectivity index (χ3v) is 2.89. The Hall–Kier alpha value is -0.810. The van der Waals surface area contributed by atoms with Gasteiger partial charge in [0.1, 0.15) is 12.4 Å². The number of pyridine rings is 1. The van der Waals surface area contributed by atoms with Crippen LogP contribution in [-0.4, -0.2) is 31.2 Å². The van der Waals surface area contributed by atoms with Crippen molar-refractivity contribution >= 4 is 22.8 Å². The molecule has 0 atom stereocenters. The van der Waals surface area contributed by atoms with Crippen LogP contribution in [0.25, 0.3) is 0 Å². The fourth-order valence-corrected chi connectivity index (χ4v) is 1.62. The molecule has 4 nitrogen and oxygen atoms in total. The van der Waals surface area contributed by atoms with Crippen LogP contribution in [0.5, 0.6) is 5.88 Å². The number of rotatable bonds is 2. The van der Waals surface area contributed by atoms with Crippen LogP contribution in [0.1, 0.15) is 19.4 Å². The Morgan fingerprint density at radius 3 is 2.88 bits per heavy atom. The van der Waals surface area contributed by atoms with Crippen molar-refractivity contribution in [3.8, 4) is 5.88 Å². The molecule has 0 aliphatic carbocycles. The van der Waals surface area contributed by atoms with Gasteiger partial charge >= 0.3 is 0 Å². The number of nitrogens with zero attached hydrogens (tertiary/aromatic N) is 2. The number of halogens is 1. The Bertz CT molecular complexity index is 371. The second-order valence-electron chi connectivity index (χ2n) is 4.36. The molecule has 1 aliphatic heterocycles. The minimum absolute atomic E-state index is 0. The predicted octanol–water partition coefficient (Wildman–Crippen LogP) is 1.99. The van der Waals surface area contributed by atoms with Gasteiger partial charge in [-0.25, -0.2) is 0 Å². The van der Waals surface area contributed by atoms with Crippen LogP contribution in [0.2, 0.25) is 0 Å². The lowest BCUT2D eigenvalue weighted by Crippen LogP contribution is -2.26. The normalized spacial score (nSPS) is 14.4. The summed E-state index contributed by atoms with van der Waals surface area (Å²) in [5.74, 6) is 1.74. The molecule has 0 aromatic carbocycles. The maximum atomic E-state index is 5.62. The van der Waals surface area contributed by atoms with E-state index in [1.165, 1.54) is 0 Å². The Kier molecular flexibility index (Phi) is 5.21. The first kappa shape index (κ1) is 14.3. The van der Waals surface area contributed by atoms with Crippen LogP contribution in [0, 0.1) is 0 Å². The van der Waals surface area contributed by atoms with Crippen LogP contribution < -0.4 is 15.0 Å². The summed E-state index contributed by atoms with van der Waals surface area (Å²) in [7, 11) is 2.05. The quantitative estimate of drug-likeness (QED) is 0.906. The summed E-state index contributed by atoms with van der Waals surface area (Å²) >= 11 is 0. The summed E-state index contributed by atoms with van der Waals surface area (Å²) in [4.78, 5) is 6.70. The van der Waals surface area contributed by atoms with Crippen LogP contribution in [-0.2, 0) is 6.54 Å². The Balaban J connectivity index is 0.00000144. The van der Waals surface area contributed by atoms with E-state index in [1.54, 1.807) is 0 Å². The number of anilines is 1. The van der Waals surface area contributed by atoms with E-state index in [0.29, 0.717) is 12.6 Å². The molecule has 0 saturated carbocycles. The van der Waals surface area contributed by atoms with E-state index >= 15 is 0 Å². The molecule has 17 heavy (non-hydrogen) atoms. The predicted molar refractivity (Wildman–Crippen MR) is 75.3 cm³/mol. The van der Waals surface area contributed by atoms with E-state index in [9.17, 15) is 0 Å². The molecule has 2 heterocycles. The highest BCUT2D eigenvalue weighted by molar-refractivity contribution is 8.93. The van der Waals surface area contributed by atoms with E-state index in [2.05, 4.69) is 41.2 Å². The second-order valence-corrected chi connectivity index (χ2v) is 4.36. The lowest BCUT2D eigenvalue weighted by Gasteiger charge is -2.23.